The molecule has 0 radical (unpaired) electrons. The number of methoxy groups -OCH3 is 1. The Morgan fingerprint density at radius 2 is 1.81 bits per heavy atom. The van der Waals surface area contributed by atoms with Crippen LogP contribution < -0.4 is 30.9 Å². The van der Waals surface area contributed by atoms with E-state index in [4.69, 9.17) is 10.5 Å². The van der Waals surface area contributed by atoms with Gasteiger partial charge in [-0.3, -0.25) is 9.59 Å². The molecule has 0 bridgehead atoms. The van der Waals surface area contributed by atoms with E-state index in [1.165, 1.54) is 4.90 Å². The highest BCUT2D eigenvalue weighted by Crippen LogP contribution is 2.34. The van der Waals surface area contributed by atoms with Gasteiger partial charge in [-0.1, -0.05) is 24.3 Å². The summed E-state index contributed by atoms with van der Waals surface area (Å²) in [7, 11) is 5.09. The number of carbonyl (C=O) groups is 4. The summed E-state index contributed by atoms with van der Waals surface area (Å²) in [6.07, 6.45) is 1.26. The molecular weight excluding hydrogens is 538 g/mol. The molecule has 0 spiro atoms. The lowest BCUT2D eigenvalue weighted by atomic mass is 10.0. The first-order valence-electron chi connectivity index (χ1n) is 13.7. The van der Waals surface area contributed by atoms with Crippen molar-refractivity contribution in [2.24, 2.45) is 5.73 Å². The number of nitrogens with zero attached hydrogens (tertiary/aromatic N) is 2. The number of nitrogens with one attached hydrogen (secondary N) is 2. The Bertz CT molecular complexity index is 1430. The van der Waals surface area contributed by atoms with E-state index in [9.17, 15) is 24.3 Å². The number of carboxylic acids is 1. The van der Waals surface area contributed by atoms with Crippen LogP contribution in [0.15, 0.2) is 54.6 Å². The quantitative estimate of drug-likeness (QED) is 0.200. The summed E-state index contributed by atoms with van der Waals surface area (Å²) >= 11 is 0. The molecule has 0 fully saturated rings. The summed E-state index contributed by atoms with van der Waals surface area (Å²) in [5.41, 5.74) is 7.97. The van der Waals surface area contributed by atoms with Gasteiger partial charge >= 0.3 is 5.97 Å². The van der Waals surface area contributed by atoms with Crippen LogP contribution in [-0.2, 0) is 20.9 Å². The summed E-state index contributed by atoms with van der Waals surface area (Å²) in [5.74, 6) is -0.963. The topological polar surface area (TPSA) is 154 Å². The molecule has 1 unspecified atom stereocenters. The third-order valence-corrected chi connectivity index (χ3v) is 7.13. The Morgan fingerprint density at radius 3 is 2.43 bits per heavy atom. The van der Waals surface area contributed by atoms with E-state index < -0.39 is 18.1 Å². The van der Waals surface area contributed by atoms with Crippen LogP contribution in [0.4, 0.5) is 11.4 Å². The maximum atomic E-state index is 13.5. The van der Waals surface area contributed by atoms with Crippen molar-refractivity contribution in [3.63, 3.8) is 0 Å². The van der Waals surface area contributed by atoms with Gasteiger partial charge in [-0.05, 0) is 68.0 Å². The van der Waals surface area contributed by atoms with Crippen LogP contribution >= 0.6 is 0 Å². The first-order valence-corrected chi connectivity index (χ1v) is 13.7. The molecule has 0 aliphatic rings. The molecule has 2 amide bonds. The van der Waals surface area contributed by atoms with Crippen LogP contribution in [0.2, 0.25) is 0 Å². The number of likely N-dealkylation sites (N-methyl/N-ethyl adjacent to an activating group) is 1. The third-order valence-electron chi connectivity index (χ3n) is 7.13. The molecule has 11 heteroatoms. The summed E-state index contributed by atoms with van der Waals surface area (Å²) in [4.78, 5) is 53.0. The number of aromatic carboxylic acids is 1. The van der Waals surface area contributed by atoms with Gasteiger partial charge in [-0.25, -0.2) is 4.79 Å². The molecule has 0 heterocycles. The Morgan fingerprint density at radius 1 is 1.10 bits per heavy atom. The second kappa shape index (κ2) is 14.9. The number of anilines is 2. The summed E-state index contributed by atoms with van der Waals surface area (Å²) < 4.78 is 5.66. The minimum absolute atomic E-state index is 0.0600. The van der Waals surface area contributed by atoms with Gasteiger partial charge in [0.25, 0.3) is 0 Å². The zero-order chi connectivity index (χ0) is 30.8. The van der Waals surface area contributed by atoms with Gasteiger partial charge in [-0.15, -0.1) is 0 Å². The predicted octanol–water partition coefficient (Wildman–Crippen LogP) is 2.55. The first-order chi connectivity index (χ1) is 20.1. The van der Waals surface area contributed by atoms with Crippen molar-refractivity contribution in [3.8, 4) is 5.75 Å². The monoisotopic (exact) mass is 577 g/mol. The van der Waals surface area contributed by atoms with Gasteiger partial charge in [0.05, 0.1) is 36.6 Å². The average Bonchev–Trinajstić information content (AvgIpc) is 3.00. The molecule has 42 heavy (non-hydrogen) atoms. The molecule has 224 valence electrons. The summed E-state index contributed by atoms with van der Waals surface area (Å²) in [6.45, 7) is 2.31. The Hall–Kier alpha value is -4.48. The molecule has 0 aliphatic carbocycles. The number of ether oxygens (including phenoxy) is 1. The van der Waals surface area contributed by atoms with Crippen molar-refractivity contribution in [1.29, 1.82) is 0 Å². The minimum atomic E-state index is -1.01. The molecule has 3 aromatic carbocycles. The fourth-order valence-corrected chi connectivity index (χ4v) is 4.68. The van der Waals surface area contributed by atoms with Gasteiger partial charge in [-0.2, -0.15) is 0 Å². The van der Waals surface area contributed by atoms with E-state index in [0.717, 1.165) is 16.3 Å². The molecule has 0 saturated carbocycles. The number of amides is 2. The van der Waals surface area contributed by atoms with E-state index in [-0.39, 0.29) is 30.3 Å². The van der Waals surface area contributed by atoms with E-state index >= 15 is 0 Å². The van der Waals surface area contributed by atoms with Gasteiger partial charge in [0.15, 0.2) is 0 Å². The standard InChI is InChI=1S/C31H39N5O6/c1-20(33-2)30(39)34-23(19-37)17-36(29(38)10-7-15-32)27-9-6-5-8-26(27)35(3)18-25-24-13-11-22(31(40)41)16-21(24)12-14-28(25)42-4/h5-6,8-9,11-14,16,19-20,23,33H,7,10,15,17-18,32H2,1-4H3,(H,34,39)(H,40,41)/t20-,23?/m0/s1. The fraction of sp³-hybridized carbons (Fsp3) is 0.355. The highest BCUT2D eigenvalue weighted by molar-refractivity contribution is 5.98. The molecule has 0 aliphatic heterocycles. The zero-order valence-corrected chi connectivity index (χ0v) is 24.4. The van der Waals surface area contributed by atoms with Crippen LogP contribution in [0.1, 0.15) is 35.7 Å². The lowest BCUT2D eigenvalue weighted by Crippen LogP contribution is -2.51. The summed E-state index contributed by atoms with van der Waals surface area (Å²) in [5, 5.41) is 16.6. The van der Waals surface area contributed by atoms with Crippen LogP contribution in [-0.4, -0.2) is 75.6 Å². The number of benzene rings is 3. The Balaban J connectivity index is 2.02. The molecule has 3 rings (SSSR count). The summed E-state index contributed by atoms with van der Waals surface area (Å²) in [6, 6.07) is 14.4. The highest BCUT2D eigenvalue weighted by atomic mass is 16.5. The molecule has 2 atom stereocenters. The smallest absolute Gasteiger partial charge is 0.335 e. The number of carbonyl (C=O) groups excluding carboxylic acids is 3. The van der Waals surface area contributed by atoms with Gasteiger partial charge in [0, 0.05) is 25.6 Å². The van der Waals surface area contributed by atoms with Crippen molar-refractivity contribution in [2.75, 3.05) is 44.1 Å². The van der Waals surface area contributed by atoms with Crippen LogP contribution in [0.25, 0.3) is 10.8 Å². The van der Waals surface area contributed by atoms with Gasteiger partial charge in [0.2, 0.25) is 11.8 Å². The lowest BCUT2D eigenvalue weighted by Gasteiger charge is -2.31. The van der Waals surface area contributed by atoms with Crippen molar-refractivity contribution in [3.05, 3.63) is 65.7 Å². The maximum absolute atomic E-state index is 13.5. The Kier molecular flexibility index (Phi) is 11.4. The fourth-order valence-electron chi connectivity index (χ4n) is 4.68. The van der Waals surface area contributed by atoms with Crippen molar-refractivity contribution >= 4 is 46.2 Å². The number of para-hydroxylation sites is 2. The second-order valence-corrected chi connectivity index (χ2v) is 9.99. The van der Waals surface area contributed by atoms with Gasteiger partial charge < -0.3 is 40.8 Å². The molecule has 11 nitrogen and oxygen atoms in total. The number of aldehydes is 1. The highest BCUT2D eigenvalue weighted by Gasteiger charge is 2.26. The van der Waals surface area contributed by atoms with Crippen LogP contribution in [0.3, 0.4) is 0 Å². The maximum Gasteiger partial charge on any atom is 0.335 e. The average molecular weight is 578 g/mol. The lowest BCUT2D eigenvalue weighted by molar-refractivity contribution is -0.125. The first kappa shape index (κ1) is 32.0. The van der Waals surface area contributed by atoms with E-state index in [1.54, 1.807) is 57.5 Å². The molecule has 0 saturated heterocycles. The molecule has 5 N–H and O–H groups in total. The van der Waals surface area contributed by atoms with E-state index in [0.29, 0.717) is 42.9 Å². The van der Waals surface area contributed by atoms with Crippen molar-refractivity contribution < 1.29 is 29.0 Å². The number of hydrogen-bond acceptors (Lipinski definition) is 8. The largest absolute Gasteiger partial charge is 0.496 e. The Labute approximate surface area is 245 Å². The van der Waals surface area contributed by atoms with E-state index in [2.05, 4.69) is 10.6 Å². The predicted molar refractivity (Wildman–Crippen MR) is 163 cm³/mol. The number of carboxylic acid groups (broad SMARTS) is 1. The van der Waals surface area contributed by atoms with Crippen LogP contribution in [0, 0.1) is 0 Å². The number of fused-ring (bicyclic) bond motifs is 1. The van der Waals surface area contributed by atoms with Gasteiger partial charge in [0.1, 0.15) is 18.1 Å². The number of rotatable bonds is 15. The number of hydrogen-bond donors (Lipinski definition) is 4. The molecule has 3 aromatic rings. The second-order valence-electron chi connectivity index (χ2n) is 9.99. The SMILES string of the molecule is CN[C@@H](C)C(=O)NC(C=O)CN(C(=O)CCCN)c1ccccc1N(C)Cc1c(OC)ccc2cc(C(=O)O)ccc12. The normalized spacial score (nSPS) is 12.3. The minimum Gasteiger partial charge on any atom is -0.496 e. The third kappa shape index (κ3) is 7.62. The van der Waals surface area contributed by atoms with Crippen LogP contribution in [0.5, 0.6) is 5.75 Å². The molecular formula is C31H39N5O6. The van der Waals surface area contributed by atoms with Crippen molar-refractivity contribution in [1.82, 2.24) is 10.6 Å². The van der Waals surface area contributed by atoms with E-state index in [1.807, 2.05) is 30.1 Å². The zero-order valence-electron chi connectivity index (χ0n) is 24.4. The van der Waals surface area contributed by atoms with Crippen molar-refractivity contribution in [2.45, 2.75) is 38.4 Å². The molecule has 0 aromatic heterocycles. The number of nitrogens with two attached hydrogens (primary N) is 1.